The lowest BCUT2D eigenvalue weighted by atomic mass is 10.2. The number of aliphatic hydroxyl groups excluding tert-OH is 1. The fourth-order valence-corrected chi connectivity index (χ4v) is 3.85. The fraction of sp³-hybridized carbons (Fsp3) is 0.316. The van der Waals surface area contributed by atoms with Gasteiger partial charge in [-0.25, -0.2) is 14.5 Å². The summed E-state index contributed by atoms with van der Waals surface area (Å²) in [5.74, 6) is 0.731. The first-order valence-corrected chi connectivity index (χ1v) is 9.50. The molecule has 0 aliphatic rings. The summed E-state index contributed by atoms with van der Waals surface area (Å²) in [6.45, 7) is 6.69. The molecule has 4 rings (SSSR count). The van der Waals surface area contributed by atoms with E-state index in [4.69, 9.17) is 9.84 Å². The first-order valence-electron chi connectivity index (χ1n) is 8.68. The SMILES string of the molecule is CC(C)(C)Sc1cn2c(-c3cnc4ccnn4c3)cnc2cc1OCCO. The lowest BCUT2D eigenvalue weighted by molar-refractivity contribution is 0.198. The smallest absolute Gasteiger partial charge is 0.154 e. The van der Waals surface area contributed by atoms with Crippen LogP contribution in [0.5, 0.6) is 5.75 Å². The molecule has 1 N–H and O–H groups in total. The molecule has 0 unspecified atom stereocenters. The number of pyridine rings is 1. The van der Waals surface area contributed by atoms with Crippen LogP contribution in [0.3, 0.4) is 0 Å². The molecule has 0 fully saturated rings. The lowest BCUT2D eigenvalue weighted by Gasteiger charge is -2.20. The molecule has 0 spiro atoms. The third kappa shape index (κ3) is 3.63. The predicted molar refractivity (Wildman–Crippen MR) is 105 cm³/mol. The van der Waals surface area contributed by atoms with E-state index in [-0.39, 0.29) is 18.0 Å². The van der Waals surface area contributed by atoms with Gasteiger partial charge in [0.15, 0.2) is 5.65 Å². The number of hydrogen-bond donors (Lipinski definition) is 1. The van der Waals surface area contributed by atoms with Gasteiger partial charge in [0.2, 0.25) is 0 Å². The van der Waals surface area contributed by atoms with E-state index in [2.05, 4.69) is 35.8 Å². The van der Waals surface area contributed by atoms with Crippen LogP contribution in [0.1, 0.15) is 20.8 Å². The molecule has 8 heteroatoms. The van der Waals surface area contributed by atoms with Crippen molar-refractivity contribution < 1.29 is 9.84 Å². The summed E-state index contributed by atoms with van der Waals surface area (Å²) in [5.41, 5.74) is 3.43. The molecule has 7 nitrogen and oxygen atoms in total. The zero-order valence-electron chi connectivity index (χ0n) is 15.5. The highest BCUT2D eigenvalue weighted by atomic mass is 32.2. The molecule has 4 heterocycles. The van der Waals surface area contributed by atoms with Crippen molar-refractivity contribution in [1.82, 2.24) is 24.0 Å². The molecule has 4 aromatic rings. The van der Waals surface area contributed by atoms with Crippen LogP contribution in [0, 0.1) is 0 Å². The largest absolute Gasteiger partial charge is 0.490 e. The van der Waals surface area contributed by atoms with Crippen molar-refractivity contribution in [3.63, 3.8) is 0 Å². The first-order chi connectivity index (χ1) is 12.9. The summed E-state index contributed by atoms with van der Waals surface area (Å²) < 4.78 is 9.55. The normalized spacial score (nSPS) is 12.1. The predicted octanol–water partition coefficient (Wildman–Crippen LogP) is 3.31. The Labute approximate surface area is 161 Å². The average Bonchev–Trinajstić information content (AvgIpc) is 3.23. The van der Waals surface area contributed by atoms with Gasteiger partial charge >= 0.3 is 0 Å². The van der Waals surface area contributed by atoms with E-state index >= 15 is 0 Å². The van der Waals surface area contributed by atoms with Crippen LogP contribution in [0.4, 0.5) is 0 Å². The highest BCUT2D eigenvalue weighted by molar-refractivity contribution is 8.00. The second kappa shape index (κ2) is 6.86. The Kier molecular flexibility index (Phi) is 4.53. The second-order valence-corrected chi connectivity index (χ2v) is 9.01. The van der Waals surface area contributed by atoms with E-state index in [0.29, 0.717) is 0 Å². The quantitative estimate of drug-likeness (QED) is 0.533. The van der Waals surface area contributed by atoms with Gasteiger partial charge in [-0.05, 0) is 0 Å². The highest BCUT2D eigenvalue weighted by Gasteiger charge is 2.19. The molecule has 0 aromatic carbocycles. The number of fused-ring (bicyclic) bond motifs is 2. The number of hydrogen-bond acceptors (Lipinski definition) is 6. The van der Waals surface area contributed by atoms with Gasteiger partial charge < -0.3 is 9.84 Å². The number of aliphatic hydroxyl groups is 1. The second-order valence-electron chi connectivity index (χ2n) is 7.14. The molecule has 0 radical (unpaired) electrons. The molecule has 0 atom stereocenters. The minimum absolute atomic E-state index is 0.0152. The fourth-order valence-electron chi connectivity index (χ4n) is 2.82. The molecule has 0 saturated carbocycles. The van der Waals surface area contributed by atoms with Crippen LogP contribution in [0.25, 0.3) is 22.6 Å². The van der Waals surface area contributed by atoms with Crippen molar-refractivity contribution in [2.24, 2.45) is 0 Å². The molecular formula is C19H21N5O2S. The maximum absolute atomic E-state index is 9.12. The van der Waals surface area contributed by atoms with E-state index in [1.165, 1.54) is 0 Å². The van der Waals surface area contributed by atoms with E-state index in [1.807, 2.05) is 41.3 Å². The molecule has 0 aliphatic carbocycles. The molecule has 0 amide bonds. The summed E-state index contributed by atoms with van der Waals surface area (Å²) in [6.07, 6.45) is 9.35. The number of aromatic nitrogens is 5. The zero-order valence-corrected chi connectivity index (χ0v) is 16.3. The number of thioether (sulfide) groups is 1. The van der Waals surface area contributed by atoms with E-state index in [9.17, 15) is 0 Å². The Morgan fingerprint density at radius 1 is 1.15 bits per heavy atom. The van der Waals surface area contributed by atoms with Crippen molar-refractivity contribution >= 4 is 23.1 Å². The van der Waals surface area contributed by atoms with Gasteiger partial charge in [0.25, 0.3) is 0 Å². The Bertz CT molecular complexity index is 1100. The maximum atomic E-state index is 9.12. The van der Waals surface area contributed by atoms with E-state index in [0.717, 1.165) is 33.2 Å². The maximum Gasteiger partial charge on any atom is 0.154 e. The minimum atomic E-state index is -0.0277. The number of imidazole rings is 1. The zero-order chi connectivity index (χ0) is 19.0. The van der Waals surface area contributed by atoms with Crippen LogP contribution >= 0.6 is 11.8 Å². The monoisotopic (exact) mass is 383 g/mol. The molecule has 27 heavy (non-hydrogen) atoms. The average molecular weight is 383 g/mol. The summed E-state index contributed by atoms with van der Waals surface area (Å²) in [5, 5.41) is 13.4. The van der Waals surface area contributed by atoms with Crippen molar-refractivity contribution in [3.8, 4) is 17.0 Å². The molecule has 0 aliphatic heterocycles. The number of rotatable bonds is 5. The van der Waals surface area contributed by atoms with Crippen molar-refractivity contribution in [1.29, 1.82) is 0 Å². The standard InChI is InChI=1S/C19H21N5O2S/c1-19(2,3)27-16-12-23-14(10-21-18(23)8-15(16)26-7-6-25)13-9-20-17-4-5-22-24(17)11-13/h4-5,8-12,25H,6-7H2,1-3H3. The molecule has 0 saturated heterocycles. The van der Waals surface area contributed by atoms with Crippen LogP contribution in [0.15, 0.2) is 48.0 Å². The van der Waals surface area contributed by atoms with E-state index < -0.39 is 0 Å². The minimum Gasteiger partial charge on any atom is -0.490 e. The van der Waals surface area contributed by atoms with Gasteiger partial charge in [-0.15, -0.1) is 11.8 Å². The third-order valence-electron chi connectivity index (χ3n) is 3.88. The molecule has 0 bridgehead atoms. The Morgan fingerprint density at radius 3 is 2.74 bits per heavy atom. The Balaban J connectivity index is 1.83. The van der Waals surface area contributed by atoms with Crippen molar-refractivity contribution in [2.75, 3.05) is 13.2 Å². The first kappa shape index (κ1) is 17.8. The van der Waals surface area contributed by atoms with E-state index in [1.54, 1.807) is 22.5 Å². The van der Waals surface area contributed by atoms with Gasteiger partial charge in [0, 0.05) is 41.0 Å². The summed E-state index contributed by atoms with van der Waals surface area (Å²) in [4.78, 5) is 9.96. The Hall–Kier alpha value is -2.58. The van der Waals surface area contributed by atoms with Gasteiger partial charge in [-0.2, -0.15) is 5.10 Å². The molecule has 4 aromatic heterocycles. The van der Waals surface area contributed by atoms with Gasteiger partial charge in [0.1, 0.15) is 18.0 Å². The van der Waals surface area contributed by atoms with Gasteiger partial charge in [-0.3, -0.25) is 4.40 Å². The third-order valence-corrected chi connectivity index (χ3v) is 5.02. The summed E-state index contributed by atoms with van der Waals surface area (Å²) >= 11 is 1.72. The summed E-state index contributed by atoms with van der Waals surface area (Å²) in [7, 11) is 0. The highest BCUT2D eigenvalue weighted by Crippen LogP contribution is 2.39. The van der Waals surface area contributed by atoms with Crippen LogP contribution in [0.2, 0.25) is 0 Å². The summed E-state index contributed by atoms with van der Waals surface area (Å²) in [6, 6.07) is 3.77. The van der Waals surface area contributed by atoms with Gasteiger partial charge in [0.05, 0.1) is 29.6 Å². The van der Waals surface area contributed by atoms with Crippen molar-refractivity contribution in [2.45, 2.75) is 30.4 Å². The number of nitrogens with zero attached hydrogens (tertiary/aromatic N) is 5. The van der Waals surface area contributed by atoms with Crippen LogP contribution in [-0.2, 0) is 0 Å². The molecular weight excluding hydrogens is 362 g/mol. The van der Waals surface area contributed by atoms with Gasteiger partial charge in [-0.1, -0.05) is 20.8 Å². The van der Waals surface area contributed by atoms with Crippen molar-refractivity contribution in [3.05, 3.63) is 43.1 Å². The lowest BCUT2D eigenvalue weighted by Crippen LogP contribution is -2.09. The number of ether oxygens (including phenoxy) is 1. The topological polar surface area (TPSA) is 77.0 Å². The molecule has 140 valence electrons. The Morgan fingerprint density at radius 2 is 1.96 bits per heavy atom. The van der Waals surface area contributed by atoms with Crippen LogP contribution < -0.4 is 4.74 Å². The van der Waals surface area contributed by atoms with Crippen LogP contribution in [-0.4, -0.2) is 47.1 Å².